The van der Waals surface area contributed by atoms with E-state index in [1.807, 2.05) is 0 Å². The highest BCUT2D eigenvalue weighted by Crippen LogP contribution is 2.28. The van der Waals surface area contributed by atoms with Crippen LogP contribution >= 0.6 is 11.8 Å². The van der Waals surface area contributed by atoms with E-state index in [1.165, 1.54) is 36.4 Å². The van der Waals surface area contributed by atoms with Crippen molar-refractivity contribution < 1.29 is 27.4 Å². The van der Waals surface area contributed by atoms with Crippen molar-refractivity contribution in [3.05, 3.63) is 102 Å². The standard InChI is InChI=1S/C23H18F3NO3S/c1-15(29-13-12-16-8-10-17(24)11-9-16)23(28)30-21-7-2-4-18(27-21)14-31-22-19(25)5-3-6-20(22)26/h2-11H,1,12-14H2. The number of hydrogen-bond donors (Lipinski definition) is 0. The van der Waals surface area contributed by atoms with Gasteiger partial charge >= 0.3 is 5.97 Å². The first-order chi connectivity index (χ1) is 14.9. The van der Waals surface area contributed by atoms with Gasteiger partial charge < -0.3 is 9.47 Å². The van der Waals surface area contributed by atoms with E-state index in [1.54, 1.807) is 24.3 Å². The molecule has 0 bridgehead atoms. The van der Waals surface area contributed by atoms with Crippen LogP contribution in [0.1, 0.15) is 11.3 Å². The number of carbonyl (C=O) groups is 1. The maximum Gasteiger partial charge on any atom is 0.379 e. The summed E-state index contributed by atoms with van der Waals surface area (Å²) < 4.78 is 50.8. The largest absolute Gasteiger partial charge is 0.487 e. The molecule has 3 aromatic rings. The molecule has 1 heterocycles. The minimum Gasteiger partial charge on any atom is -0.487 e. The Morgan fingerprint density at radius 1 is 0.968 bits per heavy atom. The number of hydrogen-bond acceptors (Lipinski definition) is 5. The Kier molecular flexibility index (Phi) is 7.72. The van der Waals surface area contributed by atoms with Gasteiger partial charge in [-0.1, -0.05) is 24.3 Å². The van der Waals surface area contributed by atoms with Crippen molar-refractivity contribution >= 4 is 17.7 Å². The van der Waals surface area contributed by atoms with Crippen LogP contribution in [0.5, 0.6) is 5.88 Å². The molecule has 0 N–H and O–H groups in total. The van der Waals surface area contributed by atoms with Crippen molar-refractivity contribution in [3.63, 3.8) is 0 Å². The Morgan fingerprint density at radius 2 is 1.65 bits per heavy atom. The second kappa shape index (κ2) is 10.7. The number of aromatic nitrogens is 1. The van der Waals surface area contributed by atoms with Crippen molar-refractivity contribution in [3.8, 4) is 5.88 Å². The summed E-state index contributed by atoms with van der Waals surface area (Å²) in [5, 5.41) is 0. The zero-order chi connectivity index (χ0) is 22.2. The maximum atomic E-state index is 13.7. The SMILES string of the molecule is C=C(OCCc1ccc(F)cc1)C(=O)Oc1cccc(CSc2c(F)cccc2F)n1. The van der Waals surface area contributed by atoms with E-state index in [2.05, 4.69) is 11.6 Å². The molecule has 0 saturated heterocycles. The van der Waals surface area contributed by atoms with Crippen molar-refractivity contribution in [2.45, 2.75) is 17.1 Å². The third kappa shape index (κ3) is 6.62. The third-order valence-electron chi connectivity index (χ3n) is 4.07. The zero-order valence-electron chi connectivity index (χ0n) is 16.3. The topological polar surface area (TPSA) is 48.4 Å². The molecule has 0 atom stereocenters. The molecule has 0 saturated carbocycles. The summed E-state index contributed by atoms with van der Waals surface area (Å²) in [5.74, 6) is -2.44. The number of ether oxygens (including phenoxy) is 2. The van der Waals surface area contributed by atoms with Crippen LogP contribution in [0.25, 0.3) is 0 Å². The summed E-state index contributed by atoms with van der Waals surface area (Å²) in [6, 6.07) is 14.3. The fourth-order valence-electron chi connectivity index (χ4n) is 2.52. The highest BCUT2D eigenvalue weighted by molar-refractivity contribution is 7.98. The van der Waals surface area contributed by atoms with Gasteiger partial charge in [0.2, 0.25) is 5.88 Å². The maximum absolute atomic E-state index is 13.7. The monoisotopic (exact) mass is 445 g/mol. The predicted octanol–water partition coefficient (Wildman–Crippen LogP) is 5.47. The molecule has 8 heteroatoms. The summed E-state index contributed by atoms with van der Waals surface area (Å²) in [5.41, 5.74) is 1.32. The van der Waals surface area contributed by atoms with E-state index in [0.717, 1.165) is 17.3 Å². The minimum absolute atomic E-state index is 0.0143. The zero-order valence-corrected chi connectivity index (χ0v) is 17.1. The number of nitrogens with zero attached hydrogens (tertiary/aromatic N) is 1. The van der Waals surface area contributed by atoms with Crippen molar-refractivity contribution in [1.29, 1.82) is 0 Å². The van der Waals surface area contributed by atoms with Gasteiger partial charge in [-0.25, -0.2) is 22.9 Å². The molecule has 0 spiro atoms. The molecule has 4 nitrogen and oxygen atoms in total. The Balaban J connectivity index is 1.50. The van der Waals surface area contributed by atoms with Crippen LogP contribution < -0.4 is 4.74 Å². The third-order valence-corrected chi connectivity index (χ3v) is 5.19. The van der Waals surface area contributed by atoms with Crippen LogP contribution in [0.3, 0.4) is 0 Å². The minimum atomic E-state index is -0.809. The number of carbonyl (C=O) groups excluding carboxylic acids is 1. The Hall–Kier alpha value is -3.26. The number of rotatable bonds is 9. The first-order valence-corrected chi connectivity index (χ1v) is 10.2. The fraction of sp³-hybridized carbons (Fsp3) is 0.130. The van der Waals surface area contributed by atoms with Crippen LogP contribution in [0, 0.1) is 17.5 Å². The molecule has 3 rings (SSSR count). The van der Waals surface area contributed by atoms with E-state index in [9.17, 15) is 18.0 Å². The highest BCUT2D eigenvalue weighted by Gasteiger charge is 2.14. The van der Waals surface area contributed by atoms with Gasteiger partial charge in [-0.15, -0.1) is 11.8 Å². The molecule has 0 fully saturated rings. The van der Waals surface area contributed by atoms with Crippen LogP contribution in [-0.2, 0) is 21.7 Å². The Morgan fingerprint density at radius 3 is 2.35 bits per heavy atom. The summed E-state index contributed by atoms with van der Waals surface area (Å²) in [6.07, 6.45) is 0.462. The quantitative estimate of drug-likeness (QED) is 0.189. The Labute approximate surface area is 181 Å². The molecule has 2 aromatic carbocycles. The van der Waals surface area contributed by atoms with Gasteiger partial charge in [-0.05, 0) is 42.5 Å². The average molecular weight is 445 g/mol. The molecule has 0 unspecified atom stereocenters. The molecular formula is C23H18F3NO3S. The highest BCUT2D eigenvalue weighted by atomic mass is 32.2. The number of esters is 1. The first-order valence-electron chi connectivity index (χ1n) is 9.23. The van der Waals surface area contributed by atoms with Crippen molar-refractivity contribution in [2.75, 3.05) is 6.61 Å². The normalized spacial score (nSPS) is 10.5. The molecule has 0 amide bonds. The smallest absolute Gasteiger partial charge is 0.379 e. The first kappa shape index (κ1) is 22.4. The molecule has 1 aromatic heterocycles. The molecule has 0 aliphatic heterocycles. The lowest BCUT2D eigenvalue weighted by Gasteiger charge is -2.09. The molecule has 160 valence electrons. The average Bonchev–Trinajstić information content (AvgIpc) is 2.75. The van der Waals surface area contributed by atoms with Crippen LogP contribution in [0.4, 0.5) is 13.2 Å². The van der Waals surface area contributed by atoms with Gasteiger partial charge in [-0.3, -0.25) is 0 Å². The molecular weight excluding hydrogens is 427 g/mol. The molecule has 0 aliphatic carbocycles. The van der Waals surface area contributed by atoms with Gasteiger partial charge in [0.1, 0.15) is 17.5 Å². The van der Waals surface area contributed by atoms with Gasteiger partial charge in [0.05, 0.1) is 17.2 Å². The van der Waals surface area contributed by atoms with E-state index in [0.29, 0.717) is 12.1 Å². The molecule has 0 radical (unpaired) electrons. The van der Waals surface area contributed by atoms with Gasteiger partial charge in [-0.2, -0.15) is 0 Å². The van der Waals surface area contributed by atoms with E-state index >= 15 is 0 Å². The van der Waals surface area contributed by atoms with Crippen molar-refractivity contribution in [2.24, 2.45) is 0 Å². The second-order valence-electron chi connectivity index (χ2n) is 6.34. The number of halogens is 3. The van der Waals surface area contributed by atoms with Crippen LogP contribution in [0.15, 0.2) is 77.9 Å². The van der Waals surface area contributed by atoms with Gasteiger partial charge in [0.15, 0.2) is 5.76 Å². The summed E-state index contributed by atoms with van der Waals surface area (Å²) >= 11 is 0.952. The van der Waals surface area contributed by atoms with Gasteiger partial charge in [0, 0.05) is 18.2 Å². The Bertz CT molecular complexity index is 1050. The second-order valence-corrected chi connectivity index (χ2v) is 7.33. The fourth-order valence-corrected chi connectivity index (χ4v) is 3.38. The lowest BCUT2D eigenvalue weighted by atomic mass is 10.2. The van der Waals surface area contributed by atoms with Gasteiger partial charge in [0.25, 0.3) is 0 Å². The van der Waals surface area contributed by atoms with E-state index < -0.39 is 17.6 Å². The van der Waals surface area contributed by atoms with E-state index in [-0.39, 0.29) is 34.7 Å². The summed E-state index contributed by atoms with van der Waals surface area (Å²) in [6.45, 7) is 3.71. The summed E-state index contributed by atoms with van der Waals surface area (Å²) in [4.78, 5) is 16.2. The number of pyridine rings is 1. The molecule has 0 aliphatic rings. The lowest BCUT2D eigenvalue weighted by molar-refractivity contribution is -0.134. The lowest BCUT2D eigenvalue weighted by Crippen LogP contribution is -2.15. The van der Waals surface area contributed by atoms with E-state index in [4.69, 9.17) is 9.47 Å². The van der Waals surface area contributed by atoms with Crippen molar-refractivity contribution in [1.82, 2.24) is 4.98 Å². The number of thioether (sulfide) groups is 1. The molecule has 31 heavy (non-hydrogen) atoms. The predicted molar refractivity (Wildman–Crippen MR) is 111 cm³/mol. The van der Waals surface area contributed by atoms with Crippen LogP contribution in [0.2, 0.25) is 0 Å². The summed E-state index contributed by atoms with van der Waals surface area (Å²) in [7, 11) is 0. The number of benzene rings is 2. The van der Waals surface area contributed by atoms with Crippen LogP contribution in [-0.4, -0.2) is 17.6 Å².